The molecule has 10 rings (SSSR count). The Morgan fingerprint density at radius 3 is 1.74 bits per heavy atom. The van der Waals surface area contributed by atoms with E-state index in [0.29, 0.717) is 0 Å². The van der Waals surface area contributed by atoms with Gasteiger partial charge in [-0.2, -0.15) is 0 Å². The Hall–Kier alpha value is -6.70. The Balaban J connectivity index is 1.22. The quantitative estimate of drug-likeness (QED) is 0.168. The van der Waals surface area contributed by atoms with E-state index in [9.17, 15) is 0 Å². The highest BCUT2D eigenvalue weighted by atomic mass is 15.1. The van der Waals surface area contributed by atoms with Crippen LogP contribution in [0.2, 0.25) is 0 Å². The van der Waals surface area contributed by atoms with Gasteiger partial charge in [-0.25, -0.2) is 0 Å². The van der Waals surface area contributed by atoms with E-state index in [2.05, 4.69) is 219 Å². The molecule has 0 atom stereocenters. The van der Waals surface area contributed by atoms with Gasteiger partial charge >= 0.3 is 0 Å². The van der Waals surface area contributed by atoms with Crippen LogP contribution in [0.5, 0.6) is 0 Å². The molecule has 0 heterocycles. The first-order valence-corrected chi connectivity index (χ1v) is 18.9. The zero-order chi connectivity index (χ0) is 36.2. The molecule has 0 unspecified atom stereocenters. The van der Waals surface area contributed by atoms with Crippen LogP contribution < -0.4 is 4.90 Å². The zero-order valence-corrected chi connectivity index (χ0v) is 30.5. The van der Waals surface area contributed by atoms with Crippen molar-refractivity contribution >= 4 is 38.6 Å². The summed E-state index contributed by atoms with van der Waals surface area (Å²) in [5, 5.41) is 4.92. The van der Waals surface area contributed by atoms with Crippen molar-refractivity contribution in [3.8, 4) is 44.5 Å². The van der Waals surface area contributed by atoms with Crippen molar-refractivity contribution in [1.82, 2.24) is 0 Å². The molecule has 1 heteroatoms. The van der Waals surface area contributed by atoms with Gasteiger partial charge in [-0.05, 0) is 103 Å². The van der Waals surface area contributed by atoms with E-state index in [4.69, 9.17) is 0 Å². The van der Waals surface area contributed by atoms with Gasteiger partial charge in [0.2, 0.25) is 0 Å². The third-order valence-electron chi connectivity index (χ3n) is 11.4. The molecule has 1 aliphatic carbocycles. The highest BCUT2D eigenvalue weighted by molar-refractivity contribution is 6.05. The molecule has 0 saturated heterocycles. The molecule has 1 aliphatic rings. The molecule has 0 aliphatic heterocycles. The van der Waals surface area contributed by atoms with E-state index in [1.165, 1.54) is 77.2 Å². The summed E-state index contributed by atoms with van der Waals surface area (Å²) >= 11 is 0. The number of hydrogen-bond acceptors (Lipinski definition) is 1. The minimum Gasteiger partial charge on any atom is -0.309 e. The van der Waals surface area contributed by atoms with Crippen molar-refractivity contribution in [3.63, 3.8) is 0 Å². The summed E-state index contributed by atoms with van der Waals surface area (Å²) in [5.74, 6) is 0. The average Bonchev–Trinajstić information content (AvgIpc) is 3.47. The highest BCUT2D eigenvalue weighted by Crippen LogP contribution is 2.54. The van der Waals surface area contributed by atoms with E-state index in [-0.39, 0.29) is 5.41 Å². The van der Waals surface area contributed by atoms with E-state index in [1.54, 1.807) is 0 Å². The third kappa shape index (κ3) is 5.16. The van der Waals surface area contributed by atoms with Gasteiger partial charge in [0.15, 0.2) is 0 Å². The number of hydrogen-bond donors (Lipinski definition) is 0. The van der Waals surface area contributed by atoms with Crippen molar-refractivity contribution in [2.24, 2.45) is 0 Å². The fourth-order valence-electron chi connectivity index (χ4n) is 8.82. The molecule has 1 nitrogen and oxygen atoms in total. The molecule has 0 aromatic heterocycles. The number of fused-ring (bicyclic) bond motifs is 5. The highest BCUT2D eigenvalue weighted by Gasteiger charge is 2.37. The zero-order valence-electron chi connectivity index (χ0n) is 30.5. The van der Waals surface area contributed by atoms with Gasteiger partial charge in [0.1, 0.15) is 0 Å². The molecule has 256 valence electrons. The van der Waals surface area contributed by atoms with Crippen LogP contribution in [0, 0.1) is 0 Å². The molecular formula is C53H39N. The van der Waals surface area contributed by atoms with E-state index < -0.39 is 0 Å². The number of para-hydroxylation sites is 1. The topological polar surface area (TPSA) is 3.24 Å². The lowest BCUT2D eigenvalue weighted by atomic mass is 9.81. The molecule has 0 N–H and O–H groups in total. The second-order valence-corrected chi connectivity index (χ2v) is 14.9. The molecule has 0 spiro atoms. The average molecular weight is 690 g/mol. The Labute approximate surface area is 317 Å². The summed E-state index contributed by atoms with van der Waals surface area (Å²) in [5.41, 5.74) is 16.0. The van der Waals surface area contributed by atoms with Crippen LogP contribution in [0.15, 0.2) is 200 Å². The monoisotopic (exact) mass is 689 g/mol. The van der Waals surface area contributed by atoms with Crippen molar-refractivity contribution in [2.75, 3.05) is 4.90 Å². The molecule has 0 radical (unpaired) electrons. The van der Waals surface area contributed by atoms with E-state index in [1.807, 2.05) is 0 Å². The molecule has 9 aromatic carbocycles. The van der Waals surface area contributed by atoms with E-state index >= 15 is 0 Å². The lowest BCUT2D eigenvalue weighted by Crippen LogP contribution is -2.17. The van der Waals surface area contributed by atoms with Gasteiger partial charge in [-0.1, -0.05) is 178 Å². The number of anilines is 3. The normalized spacial score (nSPS) is 12.8. The van der Waals surface area contributed by atoms with Crippen molar-refractivity contribution in [3.05, 3.63) is 211 Å². The van der Waals surface area contributed by atoms with Crippen LogP contribution in [-0.2, 0) is 5.41 Å². The second kappa shape index (κ2) is 12.8. The van der Waals surface area contributed by atoms with Crippen LogP contribution in [0.25, 0.3) is 66.1 Å². The first-order valence-electron chi connectivity index (χ1n) is 18.9. The molecule has 0 fully saturated rings. The van der Waals surface area contributed by atoms with Crippen LogP contribution >= 0.6 is 0 Å². The van der Waals surface area contributed by atoms with Crippen LogP contribution in [0.4, 0.5) is 17.1 Å². The Bertz CT molecular complexity index is 2840. The summed E-state index contributed by atoms with van der Waals surface area (Å²) in [6.45, 7) is 4.76. The minimum atomic E-state index is -0.182. The number of nitrogens with zero attached hydrogens (tertiary/aromatic N) is 1. The third-order valence-corrected chi connectivity index (χ3v) is 11.4. The fourth-order valence-corrected chi connectivity index (χ4v) is 8.82. The molecular weight excluding hydrogens is 651 g/mol. The van der Waals surface area contributed by atoms with E-state index in [0.717, 1.165) is 17.1 Å². The maximum atomic E-state index is 2.49. The molecule has 9 aromatic rings. The van der Waals surface area contributed by atoms with Crippen molar-refractivity contribution in [2.45, 2.75) is 19.3 Å². The van der Waals surface area contributed by atoms with Crippen molar-refractivity contribution in [1.29, 1.82) is 0 Å². The smallest absolute Gasteiger partial charge is 0.0540 e. The number of rotatable bonds is 6. The molecule has 0 bridgehead atoms. The van der Waals surface area contributed by atoms with Gasteiger partial charge < -0.3 is 4.90 Å². The fraction of sp³-hybridized carbons (Fsp3) is 0.0566. The maximum absolute atomic E-state index is 2.49. The molecule has 0 saturated carbocycles. The summed E-state index contributed by atoms with van der Waals surface area (Å²) in [6.07, 6.45) is 0. The summed E-state index contributed by atoms with van der Waals surface area (Å²) in [7, 11) is 0. The van der Waals surface area contributed by atoms with Gasteiger partial charge in [-0.3, -0.25) is 0 Å². The predicted octanol–water partition coefficient (Wildman–Crippen LogP) is 14.8. The molecule has 0 amide bonds. The summed E-state index contributed by atoms with van der Waals surface area (Å²) in [6, 6.07) is 73.4. The largest absolute Gasteiger partial charge is 0.309 e. The molecule has 54 heavy (non-hydrogen) atoms. The Kier molecular flexibility index (Phi) is 7.56. The minimum absolute atomic E-state index is 0.182. The van der Waals surface area contributed by atoms with Crippen molar-refractivity contribution < 1.29 is 0 Å². The SMILES string of the molecule is CC1(C)c2cc(N(c3ccccc3-c3cc(-c4ccccc4)c4ccccc4c3)c3cccc4ccccc34)ccc2-c2c(-c3ccccc3)cccc21. The lowest BCUT2D eigenvalue weighted by molar-refractivity contribution is 0.660. The first kappa shape index (κ1) is 32.0. The lowest BCUT2D eigenvalue weighted by Gasteiger charge is -2.31. The standard InChI is InChI=1S/C53H39N/c1-53(2)48-28-16-27-45(37-17-5-3-6-18-37)52(48)46-32-31-41(35-49(46)53)54(51-30-15-23-36-21-9-12-25-43(36)51)50-29-14-13-26-44(50)40-33-39-22-10-11-24-42(39)47(34-40)38-19-7-4-8-20-38/h3-35H,1-2H3. The second-order valence-electron chi connectivity index (χ2n) is 14.9. The van der Waals surface area contributed by atoms with Crippen LogP contribution in [0.1, 0.15) is 25.0 Å². The Morgan fingerprint density at radius 2 is 0.944 bits per heavy atom. The van der Waals surface area contributed by atoms with Crippen LogP contribution in [-0.4, -0.2) is 0 Å². The number of benzene rings is 9. The predicted molar refractivity (Wildman–Crippen MR) is 230 cm³/mol. The summed E-state index contributed by atoms with van der Waals surface area (Å²) in [4.78, 5) is 2.49. The van der Waals surface area contributed by atoms with Crippen LogP contribution in [0.3, 0.4) is 0 Å². The van der Waals surface area contributed by atoms with Gasteiger partial charge in [0.05, 0.1) is 11.4 Å². The van der Waals surface area contributed by atoms with Gasteiger partial charge in [-0.15, -0.1) is 0 Å². The van der Waals surface area contributed by atoms with Gasteiger partial charge in [0.25, 0.3) is 0 Å². The maximum Gasteiger partial charge on any atom is 0.0540 e. The van der Waals surface area contributed by atoms with Gasteiger partial charge in [0, 0.05) is 22.1 Å². The Morgan fingerprint density at radius 1 is 0.352 bits per heavy atom. The summed E-state index contributed by atoms with van der Waals surface area (Å²) < 4.78 is 0. The first-order chi connectivity index (χ1) is 26.6.